The third-order valence-electron chi connectivity index (χ3n) is 16.8. The summed E-state index contributed by atoms with van der Waals surface area (Å²) in [7, 11) is 0. The van der Waals surface area contributed by atoms with Crippen LogP contribution in [-0.4, -0.2) is 319 Å². The van der Waals surface area contributed by atoms with Crippen molar-refractivity contribution in [3.05, 3.63) is 12.2 Å². The van der Waals surface area contributed by atoms with E-state index in [0.717, 1.165) is 27.7 Å². The molecule has 0 N–H and O–H groups in total. The summed E-state index contributed by atoms with van der Waals surface area (Å²) >= 11 is 0. The van der Waals surface area contributed by atoms with E-state index in [2.05, 4.69) is 6.58 Å². The van der Waals surface area contributed by atoms with Gasteiger partial charge in [0, 0.05) is 222 Å². The molecule has 0 spiro atoms. The first-order valence-electron chi connectivity index (χ1n) is 35.9. The van der Waals surface area contributed by atoms with Crippen molar-refractivity contribution in [2.75, 3.05) is 151 Å². The zero-order chi connectivity index (χ0) is 77.2. The molecule has 0 radical (unpaired) electrons. The van der Waals surface area contributed by atoms with Gasteiger partial charge in [0.1, 0.15) is 19.3 Å². The molecule has 32 nitrogen and oxygen atoms in total. The molecule has 1 fully saturated rings. The summed E-state index contributed by atoms with van der Waals surface area (Å²) in [6, 6.07) is 0. The fourth-order valence-corrected chi connectivity index (χ4v) is 11.0. The Hall–Kier alpha value is -8.29. The van der Waals surface area contributed by atoms with Crippen molar-refractivity contribution < 1.29 is 105 Å². The summed E-state index contributed by atoms with van der Waals surface area (Å²) in [6.45, 7) is 27.3. The molecule has 580 valence electrons. The minimum atomic E-state index is -1.50. The highest BCUT2D eigenvalue weighted by molar-refractivity contribution is 5.87. The molecule has 1 saturated heterocycles. The van der Waals surface area contributed by atoms with Crippen LogP contribution in [0.4, 0.5) is 0 Å². The van der Waals surface area contributed by atoms with Crippen molar-refractivity contribution in [3.63, 3.8) is 0 Å². The van der Waals surface area contributed by atoms with Gasteiger partial charge in [-0.25, -0.2) is 4.79 Å². The van der Waals surface area contributed by atoms with Gasteiger partial charge in [0.15, 0.2) is 24.6 Å². The fraction of sp³-hybridized carbons (Fsp3) is 0.757. The average molecular weight is 1450 g/mol. The lowest BCUT2D eigenvalue weighted by Gasteiger charge is -2.44. The molecule has 0 unspecified atom stereocenters. The first kappa shape index (κ1) is 91.7. The van der Waals surface area contributed by atoms with Crippen molar-refractivity contribution in [2.45, 2.75) is 199 Å². The van der Waals surface area contributed by atoms with Crippen LogP contribution in [0.25, 0.3) is 0 Å². The quantitative estimate of drug-likeness (QED) is 0.0480. The Morgan fingerprint density at radius 1 is 0.284 bits per heavy atom. The first-order valence-corrected chi connectivity index (χ1v) is 35.9. The van der Waals surface area contributed by atoms with Gasteiger partial charge in [-0.3, -0.25) is 67.1 Å². The Morgan fingerprint density at radius 3 is 0.716 bits per heavy atom. The number of ether oxygens (including phenoxy) is 7. The highest BCUT2D eigenvalue weighted by Crippen LogP contribution is 2.30. The molecule has 32 heteroatoms. The van der Waals surface area contributed by atoms with E-state index in [4.69, 9.17) is 33.2 Å². The molecule has 0 aromatic heterocycles. The second kappa shape index (κ2) is 50.1. The molecule has 10 amide bonds. The topological polar surface area (TPSA) is 353 Å². The Balaban J connectivity index is 3.30. The summed E-state index contributed by atoms with van der Waals surface area (Å²) in [5, 5.41) is 0. The largest absolute Gasteiger partial charge is 0.463 e. The number of carbonyl (C=O) groups excluding carboxylic acids is 15. The van der Waals surface area contributed by atoms with E-state index >= 15 is 0 Å². The maximum absolute atomic E-state index is 13.6. The lowest BCUT2D eigenvalue weighted by atomic mass is 9.98. The predicted octanol–water partition coefficient (Wildman–Crippen LogP) is 2.59. The average Bonchev–Trinajstić information content (AvgIpc) is 0.785. The van der Waals surface area contributed by atoms with Crippen LogP contribution in [0.5, 0.6) is 0 Å². The van der Waals surface area contributed by atoms with Gasteiger partial charge in [-0.2, -0.15) is 0 Å². The summed E-state index contributed by atoms with van der Waals surface area (Å²) in [5.74, 6) is -6.14. The predicted molar refractivity (Wildman–Crippen MR) is 372 cm³/mol. The number of carbonyl (C=O) groups is 15. The van der Waals surface area contributed by atoms with Crippen molar-refractivity contribution in [1.29, 1.82) is 0 Å². The van der Waals surface area contributed by atoms with Crippen LogP contribution in [0, 0.1) is 0 Å². The molecule has 1 heterocycles. The summed E-state index contributed by atoms with van der Waals surface area (Å²) < 4.78 is 38.9. The highest BCUT2D eigenvalue weighted by Gasteiger charge is 2.53. The molecule has 1 rings (SSSR count). The molecule has 0 saturated carbocycles. The van der Waals surface area contributed by atoms with Gasteiger partial charge in [0.2, 0.25) is 59.1 Å². The number of hydrogen-bond donors (Lipinski definition) is 0. The zero-order valence-electron chi connectivity index (χ0n) is 63.4. The minimum Gasteiger partial charge on any atom is -0.463 e. The van der Waals surface area contributed by atoms with Crippen LogP contribution in [0.15, 0.2) is 12.2 Å². The van der Waals surface area contributed by atoms with Crippen molar-refractivity contribution in [1.82, 2.24) is 49.0 Å². The molecular weight excluding hydrogens is 1330 g/mol. The molecule has 5 atom stereocenters. The van der Waals surface area contributed by atoms with Crippen LogP contribution >= 0.6 is 0 Å². The molecule has 0 aromatic rings. The normalized spacial score (nSPS) is 15.3. The molecule has 102 heavy (non-hydrogen) atoms. The van der Waals surface area contributed by atoms with E-state index in [9.17, 15) is 71.9 Å². The lowest BCUT2D eigenvalue weighted by Crippen LogP contribution is -2.63. The Bertz CT molecular complexity index is 2770. The number of nitrogens with zero attached hydrogens (tertiary/aromatic N) is 10. The Morgan fingerprint density at radius 2 is 0.500 bits per heavy atom. The van der Waals surface area contributed by atoms with Gasteiger partial charge in [-0.15, -0.1) is 0 Å². The van der Waals surface area contributed by atoms with E-state index < -0.39 is 67.2 Å². The Labute approximate surface area is 602 Å². The van der Waals surface area contributed by atoms with E-state index in [0.29, 0.717) is 0 Å². The van der Waals surface area contributed by atoms with Gasteiger partial charge in [0.25, 0.3) is 0 Å². The van der Waals surface area contributed by atoms with Gasteiger partial charge >= 0.3 is 29.8 Å². The maximum Gasteiger partial charge on any atom is 0.333 e. The van der Waals surface area contributed by atoms with E-state index in [1.54, 1.807) is 104 Å². The lowest BCUT2D eigenvalue weighted by molar-refractivity contribution is -0.308. The van der Waals surface area contributed by atoms with Crippen LogP contribution in [0.1, 0.15) is 168 Å². The van der Waals surface area contributed by atoms with E-state index in [1.807, 2.05) is 0 Å². The Kier molecular flexibility index (Phi) is 45.1. The number of rotatable bonds is 50. The van der Waals surface area contributed by atoms with Gasteiger partial charge in [-0.05, 0) is 6.92 Å². The van der Waals surface area contributed by atoms with Crippen LogP contribution in [0.2, 0.25) is 0 Å². The number of hydrogen-bond acceptors (Lipinski definition) is 22. The zero-order valence-corrected chi connectivity index (χ0v) is 63.4. The van der Waals surface area contributed by atoms with Crippen molar-refractivity contribution >= 4 is 88.9 Å². The summed E-state index contributed by atoms with van der Waals surface area (Å²) in [4.78, 5) is 211. The third kappa shape index (κ3) is 33.7. The second-order valence-corrected chi connectivity index (χ2v) is 24.2. The van der Waals surface area contributed by atoms with Gasteiger partial charge in [-0.1, -0.05) is 75.8 Å². The van der Waals surface area contributed by atoms with Crippen LogP contribution in [-0.2, 0) is 105 Å². The van der Waals surface area contributed by atoms with E-state index in [1.165, 1.54) is 21.6 Å². The van der Waals surface area contributed by atoms with Crippen LogP contribution in [0.3, 0.4) is 0 Å². The smallest absolute Gasteiger partial charge is 0.333 e. The maximum atomic E-state index is 13.6. The monoisotopic (exact) mass is 1450 g/mol. The summed E-state index contributed by atoms with van der Waals surface area (Å²) in [6.07, 6.45) is -5.92. The molecular formula is C70H118N10O22. The third-order valence-corrected chi connectivity index (χ3v) is 16.8. The van der Waals surface area contributed by atoms with Gasteiger partial charge < -0.3 is 82.2 Å². The summed E-state index contributed by atoms with van der Waals surface area (Å²) in [5.41, 5.74) is 0.222. The number of amides is 10. The minimum absolute atomic E-state index is 0.0103. The SMILES string of the molecule is C=C(C)C(=O)OCCN(CCN(CCN(CCN(CCN(CCN(CCN(CCN(CCN(CCN(CCO[C@@H]1O[C@H](COC(C)=O)[C@@H](OC(C)=O)[C@H](OC(C)=O)[C@H]1OC(C)=O)C(=O)CC)C(=O)CC)C(=O)CC)C(=O)CC)C(=O)CC)C(=O)CC)C(=O)CC)C(=O)CC)C(=O)CC)C(=O)CC. The molecule has 0 aromatic carbocycles. The van der Waals surface area contributed by atoms with Crippen molar-refractivity contribution in [3.8, 4) is 0 Å². The molecule has 1 aliphatic rings. The molecule has 0 bridgehead atoms. The molecule has 0 aliphatic carbocycles. The van der Waals surface area contributed by atoms with Crippen LogP contribution < -0.4 is 0 Å². The number of esters is 5. The highest BCUT2D eigenvalue weighted by atomic mass is 16.7. The first-order chi connectivity index (χ1) is 48.3. The second-order valence-electron chi connectivity index (χ2n) is 24.2. The fourth-order valence-electron chi connectivity index (χ4n) is 11.0. The van der Waals surface area contributed by atoms with Crippen molar-refractivity contribution in [2.24, 2.45) is 0 Å². The van der Waals surface area contributed by atoms with Gasteiger partial charge in [0.05, 0.1) is 13.2 Å². The standard InChI is InChI=1S/C70H118N10O22/c1-17-56(85)71(29-31-73(58(87)19-3)33-35-75(60(89)21-5)37-39-77(62(91)23-7)41-43-79(64(93)25-9)45-47-96-69(95)50(11)12)27-28-72(57(86)18-2)30-32-74(59(88)20-4)34-36-76(61(90)22-6)38-40-78(63(92)24-8)42-44-80(65(94)26-10)46-48-97-70-68(101-54(16)84)67(100-53(15)83)66(99-52(14)82)55(102-70)49-98-51(13)81/h55,66-68,70H,11,17-49H2,1-10,12-16H3/t55-,66-,67+,68-,70-/m1/s1. The van der Waals surface area contributed by atoms with E-state index in [-0.39, 0.29) is 273 Å². The molecule has 1 aliphatic heterocycles.